The maximum Gasteiger partial charge on any atom is 0.277 e. The van der Waals surface area contributed by atoms with Crippen LogP contribution in [0, 0.1) is 11.8 Å². The minimum absolute atomic E-state index is 0.00719. The number of benzene rings is 2. The number of guanidine groups is 1. The molecule has 1 spiro atoms. The van der Waals surface area contributed by atoms with Gasteiger partial charge in [-0.1, -0.05) is 48.5 Å². The Morgan fingerprint density at radius 3 is 2.04 bits per heavy atom. The van der Waals surface area contributed by atoms with Crippen LogP contribution in [0.1, 0.15) is 43.2 Å². The molecule has 17 heteroatoms. The third-order valence-corrected chi connectivity index (χ3v) is 12.5. The van der Waals surface area contributed by atoms with Crippen molar-refractivity contribution in [2.45, 2.75) is 37.1 Å². The van der Waals surface area contributed by atoms with Gasteiger partial charge in [0.2, 0.25) is 11.6 Å². The molecule has 1 saturated heterocycles. The molecular weight excluding hydrogens is 856 g/mol. The second kappa shape index (κ2) is 13.8. The van der Waals surface area contributed by atoms with Gasteiger partial charge in [-0.2, -0.15) is 0 Å². The average molecular weight is 889 g/mol. The van der Waals surface area contributed by atoms with Gasteiger partial charge in [0.15, 0.2) is 5.54 Å². The number of aliphatic imine (C=N–C) groups is 1. The van der Waals surface area contributed by atoms with Gasteiger partial charge in [-0.3, -0.25) is 28.6 Å². The maximum absolute atomic E-state index is 15.2. The van der Waals surface area contributed by atoms with E-state index in [1.807, 2.05) is 48.5 Å². The lowest BCUT2D eigenvalue weighted by atomic mass is 9.88. The second-order valence-corrected chi connectivity index (χ2v) is 16.3. The molecule has 2 aromatic carbocycles. The van der Waals surface area contributed by atoms with Gasteiger partial charge in [0, 0.05) is 51.8 Å². The smallest absolute Gasteiger partial charge is 0.277 e. The topological polar surface area (TPSA) is 185 Å². The highest BCUT2D eigenvalue weighted by Gasteiger charge is 2.66. The van der Waals surface area contributed by atoms with Crippen molar-refractivity contribution in [3.05, 3.63) is 137 Å². The van der Waals surface area contributed by atoms with Crippen molar-refractivity contribution in [3.8, 4) is 0 Å². The van der Waals surface area contributed by atoms with Crippen molar-refractivity contribution in [2.75, 3.05) is 13.1 Å². The number of amides is 3. The van der Waals surface area contributed by atoms with E-state index in [-0.39, 0.29) is 48.9 Å². The highest BCUT2D eigenvalue weighted by Crippen LogP contribution is 2.50. The van der Waals surface area contributed by atoms with Gasteiger partial charge in [-0.05, 0) is 66.2 Å². The number of nitrogens with one attached hydrogen (secondary N) is 6. The average Bonchev–Trinajstić information content (AvgIpc) is 3.94. The molecule has 1 aliphatic carbocycles. The van der Waals surface area contributed by atoms with Crippen molar-refractivity contribution in [1.82, 2.24) is 40.4 Å². The third kappa shape index (κ3) is 5.97. The van der Waals surface area contributed by atoms with Crippen LogP contribution in [-0.2, 0) is 31.0 Å². The standard InChI is InChI=1S/C38H33Br2ClN10O4/c39-23-9-27(42-13-23)32(52)44-15-25-26(16-45-33(53)28-10-24(40)14-43-28)31(41)38(35(55)51-18-22-8-4-2-6-20(22)12-47-37(51)49-38)29(25)30-34(54)50-17-21-7-3-1-5-19(21)11-46-36(50)48-30/h1-10,13-14,25-26,31,42-43H,11-12,15-18H2,(H,44,52)(H,45,53)(H,46,48)(H,47,49)/b30-29+. The maximum atomic E-state index is 15.2. The Hall–Kier alpha value is -5.19. The number of carbonyl (C=O) groups excluding carboxylic acids is 3. The lowest BCUT2D eigenvalue weighted by Gasteiger charge is -2.28. The number of hydrogen-bond donors (Lipinski definition) is 6. The predicted molar refractivity (Wildman–Crippen MR) is 211 cm³/mol. The number of aromatic amines is 3. The van der Waals surface area contributed by atoms with E-state index < -0.39 is 28.7 Å². The molecule has 4 aliphatic rings. The molecular formula is C38H33Br2ClN10O4. The Kier molecular flexibility index (Phi) is 8.93. The van der Waals surface area contributed by atoms with Crippen LogP contribution in [0.5, 0.6) is 0 Å². The minimum Gasteiger partial charge on any atom is -0.356 e. The summed E-state index contributed by atoms with van der Waals surface area (Å²) in [5.74, 6) is -2.26. The summed E-state index contributed by atoms with van der Waals surface area (Å²) in [6.45, 7) is 1.16. The van der Waals surface area contributed by atoms with Crippen molar-refractivity contribution >= 4 is 72.7 Å². The molecule has 4 unspecified atom stereocenters. The fraction of sp³-hybridized carbons (Fsp3) is 0.263. The molecule has 9 rings (SSSR count). The van der Waals surface area contributed by atoms with Gasteiger partial charge in [0.05, 0.1) is 31.6 Å². The number of carbonyl (C=O) groups is 3. The van der Waals surface area contributed by atoms with Crippen LogP contribution in [0.15, 0.2) is 96.8 Å². The lowest BCUT2D eigenvalue weighted by molar-refractivity contribution is -0.129. The summed E-state index contributed by atoms with van der Waals surface area (Å²) < 4.78 is 2.97. The number of nitrogens with zero attached hydrogens (tertiary/aromatic N) is 4. The van der Waals surface area contributed by atoms with E-state index in [1.54, 1.807) is 34.0 Å². The molecule has 280 valence electrons. The Bertz CT molecular complexity index is 2630. The van der Waals surface area contributed by atoms with Crippen LogP contribution in [0.2, 0.25) is 0 Å². The largest absolute Gasteiger partial charge is 0.356 e. The predicted octanol–water partition coefficient (Wildman–Crippen LogP) is 2.64. The lowest BCUT2D eigenvalue weighted by Crippen LogP contribution is -2.56. The van der Waals surface area contributed by atoms with Gasteiger partial charge in [-0.25, -0.2) is 9.98 Å². The van der Waals surface area contributed by atoms with Crippen molar-refractivity contribution in [3.63, 3.8) is 0 Å². The first-order valence-corrected chi connectivity index (χ1v) is 19.7. The molecule has 0 radical (unpaired) electrons. The molecule has 3 aliphatic heterocycles. The van der Waals surface area contributed by atoms with Gasteiger partial charge < -0.3 is 30.9 Å². The number of fused-ring (bicyclic) bond motifs is 4. The summed E-state index contributed by atoms with van der Waals surface area (Å²) in [6.07, 6.45) is 3.30. The molecule has 55 heavy (non-hydrogen) atoms. The summed E-state index contributed by atoms with van der Waals surface area (Å²) in [5, 5.41) is 8.56. The molecule has 14 nitrogen and oxygen atoms in total. The van der Waals surface area contributed by atoms with Crippen molar-refractivity contribution in [2.24, 2.45) is 21.8 Å². The van der Waals surface area contributed by atoms with Gasteiger partial charge in [0.1, 0.15) is 16.7 Å². The van der Waals surface area contributed by atoms with Gasteiger partial charge in [0.25, 0.3) is 23.3 Å². The Labute approximate surface area is 334 Å². The van der Waals surface area contributed by atoms with Crippen LogP contribution >= 0.6 is 43.5 Å². The Morgan fingerprint density at radius 1 is 0.836 bits per heavy atom. The quantitative estimate of drug-likeness (QED) is 0.143. The first-order valence-electron chi connectivity index (χ1n) is 17.7. The monoisotopic (exact) mass is 886 g/mol. The summed E-state index contributed by atoms with van der Waals surface area (Å²) in [5.41, 5.74) is 3.16. The van der Waals surface area contributed by atoms with Crippen LogP contribution in [-0.4, -0.2) is 72.1 Å². The van der Waals surface area contributed by atoms with E-state index >= 15 is 4.79 Å². The molecule has 4 atom stereocenters. The van der Waals surface area contributed by atoms with E-state index in [2.05, 4.69) is 62.8 Å². The van der Waals surface area contributed by atoms with E-state index in [0.717, 1.165) is 22.3 Å². The second-order valence-electron chi connectivity index (χ2n) is 14.0. The van der Waals surface area contributed by atoms with Crippen LogP contribution in [0.4, 0.5) is 0 Å². The molecule has 3 amide bonds. The fourth-order valence-electron chi connectivity index (χ4n) is 8.22. The number of aromatic nitrogens is 4. The SMILES string of the molecule is O=C(NCC1/C(=c2\[nH]c3n(c2=O)Cc2ccccc2CN=3)C2(NC3=NCc4ccccc4CN3C2=O)C(Cl)C1CNC(=O)c1cc(Br)c[nH]1)c1cc(Br)c[nH]1. The number of rotatable bonds is 6. The summed E-state index contributed by atoms with van der Waals surface area (Å²) in [7, 11) is 0. The number of alkyl halides is 1. The van der Waals surface area contributed by atoms with Gasteiger partial charge in [-0.15, -0.1) is 11.6 Å². The highest BCUT2D eigenvalue weighted by molar-refractivity contribution is 9.10. The Morgan fingerprint density at radius 2 is 1.42 bits per heavy atom. The highest BCUT2D eigenvalue weighted by atomic mass is 79.9. The zero-order valence-electron chi connectivity index (χ0n) is 29.0. The summed E-state index contributed by atoms with van der Waals surface area (Å²) >= 11 is 14.4. The molecule has 1 saturated carbocycles. The zero-order chi connectivity index (χ0) is 38.0. The summed E-state index contributed by atoms with van der Waals surface area (Å²) in [6, 6.07) is 18.9. The third-order valence-electron chi connectivity index (χ3n) is 10.9. The normalized spacial score (nSPS) is 23.4. The molecule has 0 bridgehead atoms. The Balaban J connectivity index is 1.21. The van der Waals surface area contributed by atoms with E-state index in [0.29, 0.717) is 50.6 Å². The summed E-state index contributed by atoms with van der Waals surface area (Å²) in [4.78, 5) is 77.3. The van der Waals surface area contributed by atoms with Crippen molar-refractivity contribution in [1.29, 1.82) is 0 Å². The number of hydrogen-bond acceptors (Lipinski definition) is 7. The first kappa shape index (κ1) is 35.5. The molecule has 6 heterocycles. The molecule has 6 N–H and O–H groups in total. The molecule has 2 fully saturated rings. The zero-order valence-corrected chi connectivity index (χ0v) is 32.9. The number of halogens is 3. The van der Waals surface area contributed by atoms with Gasteiger partial charge >= 0.3 is 0 Å². The minimum atomic E-state index is -1.69. The van der Waals surface area contributed by atoms with E-state index in [1.165, 1.54) is 0 Å². The number of H-pyrrole nitrogens is 3. The fourth-order valence-corrected chi connectivity index (χ4v) is 9.44. The van der Waals surface area contributed by atoms with E-state index in [9.17, 15) is 14.4 Å². The van der Waals surface area contributed by atoms with Crippen LogP contribution in [0.3, 0.4) is 0 Å². The molecule has 3 aromatic heterocycles. The first-order chi connectivity index (χ1) is 26.6. The van der Waals surface area contributed by atoms with Crippen LogP contribution < -0.4 is 32.5 Å². The molecule has 5 aromatic rings. The van der Waals surface area contributed by atoms with Crippen molar-refractivity contribution < 1.29 is 14.4 Å². The van der Waals surface area contributed by atoms with Crippen LogP contribution in [0.25, 0.3) is 5.57 Å². The number of imidazole rings is 1. The van der Waals surface area contributed by atoms with E-state index in [4.69, 9.17) is 21.6 Å².